The lowest BCUT2D eigenvalue weighted by molar-refractivity contribution is -0.141. The van der Waals surface area contributed by atoms with E-state index < -0.39 is 39.6 Å². The zero-order chi connectivity index (χ0) is 55.9. The molecule has 1 N–H and O–H groups in total. The average molecular weight is 1140 g/mol. The lowest BCUT2D eigenvalue weighted by atomic mass is 9.86. The van der Waals surface area contributed by atoms with Crippen LogP contribution in [0.3, 0.4) is 0 Å². The van der Waals surface area contributed by atoms with Gasteiger partial charge in [-0.15, -0.1) is 0 Å². The van der Waals surface area contributed by atoms with Crippen LogP contribution in [0.15, 0.2) is 60.7 Å². The maximum absolute atomic E-state index is 12.2. The molecule has 3 saturated heterocycles. The van der Waals surface area contributed by atoms with Gasteiger partial charge in [0.2, 0.25) is 0 Å². The van der Waals surface area contributed by atoms with E-state index in [0.717, 1.165) is 83.8 Å². The predicted octanol–water partition coefficient (Wildman–Crippen LogP) is 16.9. The lowest BCUT2D eigenvalue weighted by Crippen LogP contribution is -2.42. The van der Waals surface area contributed by atoms with Crippen LogP contribution in [-0.4, -0.2) is 100 Å². The second-order valence-corrected chi connectivity index (χ2v) is 42.9. The molecule has 5 aliphatic rings. The predicted molar refractivity (Wildman–Crippen MR) is 330 cm³/mol. The van der Waals surface area contributed by atoms with E-state index in [1.54, 1.807) is 0 Å². The van der Waals surface area contributed by atoms with E-state index in [1.165, 1.54) is 96.5 Å². The summed E-state index contributed by atoms with van der Waals surface area (Å²) >= 11 is 0. The Hall–Kier alpha value is -1.50. The summed E-state index contributed by atoms with van der Waals surface area (Å²) in [7, 11) is -6.83. The Kier molecular flexibility index (Phi) is 28.9. The largest absolute Gasteiger partial charge is 0.462 e. The maximum Gasteiger partial charge on any atom is 0.306 e. The van der Waals surface area contributed by atoms with Gasteiger partial charge in [0.1, 0.15) is 6.10 Å². The number of carbonyl (C=O) groups excluding carboxylic acids is 1. The number of hydrogen-bond acceptors (Lipinski definition) is 9. The van der Waals surface area contributed by atoms with E-state index in [4.69, 9.17) is 31.9 Å². The second kappa shape index (κ2) is 33.6. The first-order chi connectivity index (χ1) is 37.2. The highest BCUT2D eigenvalue weighted by Crippen LogP contribution is 2.49. The van der Waals surface area contributed by atoms with Gasteiger partial charge in [-0.3, -0.25) is 4.79 Å². The molecule has 3 heterocycles. The van der Waals surface area contributed by atoms with Gasteiger partial charge in [0.25, 0.3) is 0 Å². The molecule has 5 fully saturated rings. The van der Waals surface area contributed by atoms with Crippen LogP contribution in [0.5, 0.6) is 0 Å². The first-order valence-corrected chi connectivity index (χ1v) is 42.2. The topological polar surface area (TPSA) is 102 Å². The third-order valence-electron chi connectivity index (χ3n) is 20.5. The normalized spacial score (nSPS) is 26.1. The van der Waals surface area contributed by atoms with Gasteiger partial charge < -0.3 is 37.0 Å². The van der Waals surface area contributed by atoms with E-state index in [9.17, 15) is 9.90 Å². The minimum atomic E-state index is -1.73. The van der Waals surface area contributed by atoms with E-state index in [-0.39, 0.29) is 36.5 Å². The molecule has 77 heavy (non-hydrogen) atoms. The summed E-state index contributed by atoms with van der Waals surface area (Å²) in [6.07, 6.45) is 15.1. The summed E-state index contributed by atoms with van der Waals surface area (Å²) in [6.45, 7) is 29.9. The van der Waals surface area contributed by atoms with Crippen LogP contribution in [0.25, 0.3) is 0 Å². The minimum absolute atomic E-state index is 0.00955. The fraction of sp³-hybridized carbons (Fsp3) is 0.797. The monoisotopic (exact) mass is 1140 g/mol. The van der Waals surface area contributed by atoms with Gasteiger partial charge in [0.05, 0.1) is 24.7 Å². The highest BCUT2D eigenvalue weighted by Gasteiger charge is 2.53. The highest BCUT2D eigenvalue weighted by atomic mass is 28.4. The Labute approximate surface area is 475 Å². The molecular weight excluding hydrogens is 1030 g/mol. The van der Waals surface area contributed by atoms with E-state index >= 15 is 0 Å². The number of esters is 1. The summed E-state index contributed by atoms with van der Waals surface area (Å²) in [6, 6.07) is 35.9. The van der Waals surface area contributed by atoms with Crippen molar-refractivity contribution >= 4 is 39.2 Å². The molecule has 0 spiro atoms. The van der Waals surface area contributed by atoms with Crippen molar-refractivity contribution in [1.29, 1.82) is 0 Å². The molecule has 0 radical (unpaired) electrons. The van der Waals surface area contributed by atoms with Crippen LogP contribution in [0.1, 0.15) is 171 Å². The van der Waals surface area contributed by atoms with Gasteiger partial charge >= 0.3 is 5.97 Å². The minimum Gasteiger partial charge on any atom is -0.462 e. The van der Waals surface area contributed by atoms with Crippen LogP contribution in [0, 0.1) is 23.7 Å². The molecule has 2 aromatic carbocycles. The van der Waals surface area contributed by atoms with Crippen molar-refractivity contribution < 1.29 is 41.8 Å². The number of fused-ring (bicyclic) bond motifs is 2. The van der Waals surface area contributed by atoms with Gasteiger partial charge in [0.15, 0.2) is 39.6 Å². The number of rotatable bonds is 32. The van der Waals surface area contributed by atoms with Gasteiger partial charge in [-0.1, -0.05) is 144 Å². The van der Waals surface area contributed by atoms with Crippen molar-refractivity contribution in [2.45, 2.75) is 288 Å². The molecular formula is C64H114O9Si4. The van der Waals surface area contributed by atoms with Crippen LogP contribution < -0.4 is 0 Å². The van der Waals surface area contributed by atoms with Crippen LogP contribution in [0.2, 0.25) is 72.5 Å². The summed E-state index contributed by atoms with van der Waals surface area (Å²) in [5.74, 6) is 1.60. The second-order valence-electron chi connectivity index (χ2n) is 24.0. The van der Waals surface area contributed by atoms with Crippen molar-refractivity contribution in [3.05, 3.63) is 71.8 Å². The third kappa shape index (κ3) is 19.0. The zero-order valence-corrected chi connectivity index (χ0v) is 55.1. The fourth-order valence-corrected chi connectivity index (χ4v) is 25.9. The van der Waals surface area contributed by atoms with E-state index in [1.807, 2.05) is 0 Å². The maximum atomic E-state index is 12.2. The van der Waals surface area contributed by atoms with Gasteiger partial charge in [0, 0.05) is 44.2 Å². The molecule has 11 atom stereocenters. The number of carbonyl (C=O) groups is 1. The molecule has 2 aromatic rings. The molecule has 13 heteroatoms. The molecule has 0 bridgehead atoms. The molecule has 2 saturated carbocycles. The van der Waals surface area contributed by atoms with Crippen LogP contribution >= 0.6 is 0 Å². The molecule has 1 unspecified atom stereocenters. The number of aryl methyl sites for hydroxylation is 2. The molecule has 440 valence electrons. The average Bonchev–Trinajstić information content (AvgIpc) is 4.36. The molecule has 0 aromatic heterocycles. The summed E-state index contributed by atoms with van der Waals surface area (Å²) < 4.78 is 45.1. The number of aliphatic hydroxyl groups excluding tert-OH is 1. The van der Waals surface area contributed by atoms with Crippen molar-refractivity contribution in [3.8, 4) is 0 Å². The number of ether oxygens (including phenoxy) is 3. The Morgan fingerprint density at radius 1 is 0.506 bits per heavy atom. The van der Waals surface area contributed by atoms with Crippen LogP contribution in [-0.2, 0) is 49.6 Å². The Morgan fingerprint density at radius 2 is 0.896 bits per heavy atom. The number of benzene rings is 2. The van der Waals surface area contributed by atoms with Crippen molar-refractivity contribution in [3.63, 3.8) is 0 Å². The smallest absolute Gasteiger partial charge is 0.306 e. The molecule has 0 amide bonds. The van der Waals surface area contributed by atoms with Gasteiger partial charge in [-0.05, 0) is 172 Å². The highest BCUT2D eigenvalue weighted by molar-refractivity contribution is 6.74. The van der Waals surface area contributed by atoms with Crippen molar-refractivity contribution in [2.75, 3.05) is 13.2 Å². The first kappa shape index (κ1) is 66.3. The van der Waals surface area contributed by atoms with Crippen molar-refractivity contribution in [1.82, 2.24) is 0 Å². The Bertz CT molecular complexity index is 1850. The van der Waals surface area contributed by atoms with E-state index in [0.29, 0.717) is 36.2 Å². The molecule has 2 aliphatic carbocycles. The molecule has 7 rings (SSSR count). The summed E-state index contributed by atoms with van der Waals surface area (Å²) in [5, 5.41) is 10.3. The summed E-state index contributed by atoms with van der Waals surface area (Å²) in [4.78, 5) is 12.2. The third-order valence-corrected chi connectivity index (χ3v) is 39.2. The molecule has 9 nitrogen and oxygen atoms in total. The molecule has 3 aliphatic heterocycles. The lowest BCUT2D eigenvalue weighted by Gasteiger charge is -2.37. The van der Waals surface area contributed by atoms with Gasteiger partial charge in [-0.25, -0.2) is 0 Å². The van der Waals surface area contributed by atoms with E-state index in [2.05, 4.69) is 144 Å². The first-order valence-electron chi connectivity index (χ1n) is 32.1. The fourth-order valence-electron chi connectivity index (χ4n) is 14.2. The van der Waals surface area contributed by atoms with Crippen molar-refractivity contribution in [2.24, 2.45) is 23.7 Å². The standard InChI is InChI=1S/C30H54O4Si2.C30H52O4Si2.C4H8O/c2*1-7-35(8-2,9-3)33-25(19-18-24-16-14-13-15-17-24)20-21-26-27-22-30(31)32-28(27)23-29(26)34-36(10-4,11-5)12-6;1-2-4-5-3-1/h13-17,25-31H,7-12,18-23H2,1-6H3;13-17,25-29H,7-12,18-23H2,1-6H3;1-4H2/t25-,26+,27+,28-,29+,30?;25-,26+,27+,28-,29+;/m00./s1. The van der Waals surface area contributed by atoms with Gasteiger partial charge in [-0.2, -0.15) is 0 Å². The SMILES string of the molecule is C1CCOC1.CC[Si](CC)(CC)O[C@@H](CCc1ccccc1)CC[C@@H]1[C@H]2CC(=O)O[C@H]2C[C@H]1O[Si](CC)(CC)CC.CC[Si](CC)(CC)O[C@@H](CCc1ccccc1)CC[C@@H]1[C@H]2CC(O)O[C@H]2C[C@H]1O[Si](CC)(CC)CC. The Balaban J connectivity index is 0.000000260. The zero-order valence-electron chi connectivity index (χ0n) is 51.1. The van der Waals surface area contributed by atoms with Crippen LogP contribution in [0.4, 0.5) is 0 Å². The Morgan fingerprint density at radius 3 is 1.27 bits per heavy atom. The number of aliphatic hydroxyl groups is 1. The number of hydrogen-bond donors (Lipinski definition) is 1. The summed E-state index contributed by atoms with van der Waals surface area (Å²) in [5.41, 5.74) is 2.80. The quantitative estimate of drug-likeness (QED) is 0.0567.